The Morgan fingerprint density at radius 3 is 2.82 bits per heavy atom. The molecule has 3 aromatic rings. The van der Waals surface area contributed by atoms with E-state index in [1.807, 2.05) is 24.3 Å². The zero-order valence-electron chi connectivity index (χ0n) is 15.2. The predicted octanol–water partition coefficient (Wildman–Crippen LogP) is 3.00. The average molecular weight is 399 g/mol. The van der Waals surface area contributed by atoms with Crippen molar-refractivity contribution in [3.8, 4) is 11.5 Å². The number of hydrogen-bond donors (Lipinski definition) is 1. The lowest BCUT2D eigenvalue weighted by molar-refractivity contribution is -0.132. The van der Waals surface area contributed by atoms with E-state index in [0.29, 0.717) is 27.9 Å². The number of hydrazone groups is 1. The van der Waals surface area contributed by atoms with Crippen LogP contribution in [0.3, 0.4) is 0 Å². The standard InChI is InChI=1S/C19H17N3O5S/c1-12(23)26-16-8-7-13(9-17(16)25-2)10-20-22-18(24)11-28-19-21-14-5-3-4-6-15(14)27-19/h3-10H,11H2,1-2H3,(H,22,24). The van der Waals surface area contributed by atoms with Crippen LogP contribution in [0.4, 0.5) is 0 Å². The summed E-state index contributed by atoms with van der Waals surface area (Å²) in [6, 6.07) is 12.3. The van der Waals surface area contributed by atoms with Crippen molar-refractivity contribution in [1.82, 2.24) is 10.4 Å². The number of amides is 1. The van der Waals surface area contributed by atoms with E-state index in [4.69, 9.17) is 13.9 Å². The van der Waals surface area contributed by atoms with Crippen molar-refractivity contribution < 1.29 is 23.5 Å². The van der Waals surface area contributed by atoms with E-state index in [9.17, 15) is 9.59 Å². The maximum atomic E-state index is 11.9. The van der Waals surface area contributed by atoms with Gasteiger partial charge in [-0.2, -0.15) is 5.10 Å². The third-order valence-electron chi connectivity index (χ3n) is 3.45. The zero-order valence-corrected chi connectivity index (χ0v) is 16.0. The summed E-state index contributed by atoms with van der Waals surface area (Å²) < 4.78 is 15.8. The number of oxazole rings is 1. The number of carbonyl (C=O) groups excluding carboxylic acids is 2. The number of rotatable bonds is 7. The fourth-order valence-electron chi connectivity index (χ4n) is 2.25. The molecule has 28 heavy (non-hydrogen) atoms. The summed E-state index contributed by atoms with van der Waals surface area (Å²) in [5.74, 6) is 0.0668. The highest BCUT2D eigenvalue weighted by Gasteiger charge is 2.09. The summed E-state index contributed by atoms with van der Waals surface area (Å²) in [5, 5.41) is 4.33. The minimum atomic E-state index is -0.441. The molecule has 0 fully saturated rings. The maximum Gasteiger partial charge on any atom is 0.308 e. The van der Waals surface area contributed by atoms with Gasteiger partial charge in [-0.15, -0.1) is 0 Å². The third-order valence-corrected chi connectivity index (χ3v) is 4.27. The molecule has 1 aromatic heterocycles. The number of benzene rings is 2. The van der Waals surface area contributed by atoms with Gasteiger partial charge < -0.3 is 13.9 Å². The molecule has 9 heteroatoms. The molecule has 0 saturated heterocycles. The predicted molar refractivity (Wildman–Crippen MR) is 105 cm³/mol. The summed E-state index contributed by atoms with van der Waals surface area (Å²) in [5.41, 5.74) is 4.52. The first-order chi connectivity index (χ1) is 13.5. The second kappa shape index (κ2) is 9.05. The lowest BCUT2D eigenvalue weighted by atomic mass is 10.2. The van der Waals surface area contributed by atoms with Gasteiger partial charge in [0.1, 0.15) is 5.52 Å². The van der Waals surface area contributed by atoms with Gasteiger partial charge in [0.15, 0.2) is 17.1 Å². The largest absolute Gasteiger partial charge is 0.493 e. The van der Waals surface area contributed by atoms with E-state index < -0.39 is 5.97 Å². The number of ether oxygens (including phenoxy) is 2. The lowest BCUT2D eigenvalue weighted by Gasteiger charge is -2.08. The summed E-state index contributed by atoms with van der Waals surface area (Å²) in [6.07, 6.45) is 1.46. The first-order valence-corrected chi connectivity index (χ1v) is 9.20. The Balaban J connectivity index is 1.53. The van der Waals surface area contributed by atoms with Crippen molar-refractivity contribution in [2.75, 3.05) is 12.9 Å². The molecule has 0 atom stereocenters. The molecule has 0 radical (unpaired) electrons. The van der Waals surface area contributed by atoms with Gasteiger partial charge in [0.25, 0.3) is 11.1 Å². The minimum Gasteiger partial charge on any atom is -0.493 e. The molecule has 0 spiro atoms. The van der Waals surface area contributed by atoms with Crippen molar-refractivity contribution in [1.29, 1.82) is 0 Å². The molecule has 8 nitrogen and oxygen atoms in total. The van der Waals surface area contributed by atoms with Crippen LogP contribution >= 0.6 is 11.8 Å². The van der Waals surface area contributed by atoms with Crippen molar-refractivity contribution in [2.45, 2.75) is 12.1 Å². The molecule has 0 aliphatic heterocycles. The van der Waals surface area contributed by atoms with Crippen molar-refractivity contribution in [2.24, 2.45) is 5.10 Å². The van der Waals surface area contributed by atoms with Crippen LogP contribution in [0.2, 0.25) is 0 Å². The number of hydrogen-bond acceptors (Lipinski definition) is 8. The highest BCUT2D eigenvalue weighted by atomic mass is 32.2. The molecule has 1 N–H and O–H groups in total. The molecule has 0 aliphatic rings. The SMILES string of the molecule is COc1cc(C=NNC(=O)CSc2nc3ccccc3o2)ccc1OC(C)=O. The van der Waals surface area contributed by atoms with Crippen LogP contribution in [0.25, 0.3) is 11.1 Å². The van der Waals surface area contributed by atoms with Gasteiger partial charge in [-0.05, 0) is 35.9 Å². The smallest absolute Gasteiger partial charge is 0.308 e. The van der Waals surface area contributed by atoms with Crippen molar-refractivity contribution in [3.63, 3.8) is 0 Å². The molecule has 2 aromatic carbocycles. The number of methoxy groups -OCH3 is 1. The van der Waals surface area contributed by atoms with Crippen molar-refractivity contribution >= 4 is 41.0 Å². The summed E-state index contributed by atoms with van der Waals surface area (Å²) in [7, 11) is 1.47. The second-order valence-corrected chi connectivity index (χ2v) is 6.46. The average Bonchev–Trinajstić information content (AvgIpc) is 3.10. The van der Waals surface area contributed by atoms with Crippen LogP contribution in [-0.2, 0) is 9.59 Å². The lowest BCUT2D eigenvalue weighted by Crippen LogP contribution is -2.19. The van der Waals surface area contributed by atoms with Gasteiger partial charge >= 0.3 is 5.97 Å². The second-order valence-electron chi connectivity index (χ2n) is 5.53. The number of esters is 1. The van der Waals surface area contributed by atoms with Crippen LogP contribution < -0.4 is 14.9 Å². The fourth-order valence-corrected chi connectivity index (χ4v) is 2.89. The number of carbonyl (C=O) groups is 2. The van der Waals surface area contributed by atoms with Gasteiger partial charge in [0, 0.05) is 6.92 Å². The Kier molecular flexibility index (Phi) is 6.28. The van der Waals surface area contributed by atoms with E-state index in [1.54, 1.807) is 18.2 Å². The normalized spacial score (nSPS) is 10.9. The molecule has 3 rings (SSSR count). The van der Waals surface area contributed by atoms with Crippen LogP contribution in [0, 0.1) is 0 Å². The van der Waals surface area contributed by atoms with Crippen LogP contribution in [0.1, 0.15) is 12.5 Å². The fraction of sp³-hybridized carbons (Fsp3) is 0.158. The molecule has 0 bridgehead atoms. The minimum absolute atomic E-state index is 0.110. The molecule has 1 heterocycles. The Labute approximate surface area is 164 Å². The zero-order chi connectivity index (χ0) is 19.9. The monoisotopic (exact) mass is 399 g/mol. The maximum absolute atomic E-state index is 11.9. The van der Waals surface area contributed by atoms with Crippen LogP contribution in [0.15, 0.2) is 57.2 Å². The van der Waals surface area contributed by atoms with E-state index in [-0.39, 0.29) is 11.7 Å². The Bertz CT molecular complexity index is 998. The topological polar surface area (TPSA) is 103 Å². The molecular weight excluding hydrogens is 382 g/mol. The van der Waals surface area contributed by atoms with Gasteiger partial charge in [-0.3, -0.25) is 9.59 Å². The van der Waals surface area contributed by atoms with Gasteiger partial charge in [-0.1, -0.05) is 23.9 Å². The number of nitrogens with zero attached hydrogens (tertiary/aromatic N) is 2. The summed E-state index contributed by atoms with van der Waals surface area (Å²) in [6.45, 7) is 1.31. The summed E-state index contributed by atoms with van der Waals surface area (Å²) in [4.78, 5) is 27.3. The number of nitrogens with one attached hydrogen (secondary N) is 1. The van der Waals surface area contributed by atoms with Crippen molar-refractivity contribution in [3.05, 3.63) is 48.0 Å². The number of aromatic nitrogens is 1. The number of thioether (sulfide) groups is 1. The van der Waals surface area contributed by atoms with E-state index >= 15 is 0 Å². The van der Waals surface area contributed by atoms with Gasteiger partial charge in [0.05, 0.1) is 19.1 Å². The van der Waals surface area contributed by atoms with E-state index in [2.05, 4.69) is 15.5 Å². The Morgan fingerprint density at radius 1 is 1.25 bits per heavy atom. The molecule has 0 saturated carbocycles. The Hall–Kier alpha value is -3.33. The molecule has 0 unspecified atom stereocenters. The molecule has 0 aliphatic carbocycles. The molecular formula is C19H17N3O5S. The first-order valence-electron chi connectivity index (χ1n) is 8.22. The van der Waals surface area contributed by atoms with Gasteiger partial charge in [0.2, 0.25) is 0 Å². The number of fused-ring (bicyclic) bond motifs is 1. The van der Waals surface area contributed by atoms with Crippen LogP contribution in [-0.4, -0.2) is 35.9 Å². The van der Waals surface area contributed by atoms with E-state index in [1.165, 1.54) is 32.0 Å². The highest BCUT2D eigenvalue weighted by Crippen LogP contribution is 2.27. The van der Waals surface area contributed by atoms with Gasteiger partial charge in [-0.25, -0.2) is 10.4 Å². The van der Waals surface area contributed by atoms with E-state index in [0.717, 1.165) is 5.52 Å². The summed E-state index contributed by atoms with van der Waals surface area (Å²) >= 11 is 1.18. The van der Waals surface area contributed by atoms with Crippen LogP contribution in [0.5, 0.6) is 11.5 Å². The number of para-hydroxylation sites is 2. The molecule has 144 valence electrons. The first kappa shape index (κ1) is 19.4. The quantitative estimate of drug-likeness (QED) is 0.214. The highest BCUT2D eigenvalue weighted by molar-refractivity contribution is 7.99. The Morgan fingerprint density at radius 2 is 2.07 bits per heavy atom. The molecule has 1 amide bonds. The third kappa shape index (κ3) is 5.10.